The molecule has 0 fully saturated rings. The Morgan fingerprint density at radius 2 is 2.20 bits per heavy atom. The molecule has 0 aliphatic rings. The van der Waals surface area contributed by atoms with Crippen molar-refractivity contribution in [1.82, 2.24) is 5.32 Å². The van der Waals surface area contributed by atoms with E-state index in [1.165, 1.54) is 6.07 Å². The van der Waals surface area contributed by atoms with Gasteiger partial charge in [-0.15, -0.1) is 0 Å². The van der Waals surface area contributed by atoms with E-state index < -0.39 is 0 Å². The lowest BCUT2D eigenvalue weighted by Crippen LogP contribution is -2.35. The number of aromatic hydroxyl groups is 1. The van der Waals surface area contributed by atoms with Crippen LogP contribution >= 0.6 is 0 Å². The second-order valence-electron chi connectivity index (χ2n) is 3.35. The van der Waals surface area contributed by atoms with Gasteiger partial charge in [-0.2, -0.15) is 0 Å². The van der Waals surface area contributed by atoms with Crippen LogP contribution in [0.2, 0.25) is 0 Å². The number of carbonyl (C=O) groups excluding carboxylic acids is 1. The van der Waals surface area contributed by atoms with E-state index in [2.05, 4.69) is 5.32 Å². The number of nitrogens with one attached hydrogen (secondary N) is 1. The maximum atomic E-state index is 11.6. The van der Waals surface area contributed by atoms with Crippen LogP contribution in [0, 0.1) is 0 Å². The lowest BCUT2D eigenvalue weighted by Gasteiger charge is -2.13. The molecule has 1 unspecified atom stereocenters. The fraction of sp³-hybridized carbons (Fsp3) is 0.364. The first-order valence-electron chi connectivity index (χ1n) is 4.73. The first-order valence-corrected chi connectivity index (χ1v) is 4.73. The Morgan fingerprint density at radius 1 is 1.53 bits per heavy atom. The third-order valence-corrected chi connectivity index (χ3v) is 1.94. The zero-order valence-electron chi connectivity index (χ0n) is 8.86. The number of ether oxygens (including phenoxy) is 1. The summed E-state index contributed by atoms with van der Waals surface area (Å²) in [5.41, 5.74) is 0.278. The molecule has 0 aliphatic heterocycles. The van der Waals surface area contributed by atoms with Crippen molar-refractivity contribution in [3.63, 3.8) is 0 Å². The van der Waals surface area contributed by atoms with Crippen molar-refractivity contribution in [1.29, 1.82) is 0 Å². The average molecular weight is 209 g/mol. The molecule has 1 amide bonds. The average Bonchev–Trinajstić information content (AvgIpc) is 2.18. The molecule has 0 aromatic heterocycles. The summed E-state index contributed by atoms with van der Waals surface area (Å²) in [5.74, 6) is -0.308. The largest absolute Gasteiger partial charge is 0.507 e. The second kappa shape index (κ2) is 5.36. The Morgan fingerprint density at radius 3 is 2.80 bits per heavy atom. The van der Waals surface area contributed by atoms with Gasteiger partial charge < -0.3 is 15.2 Å². The van der Waals surface area contributed by atoms with Crippen LogP contribution < -0.4 is 5.32 Å². The highest BCUT2D eigenvalue weighted by atomic mass is 16.5. The number of hydrogen-bond acceptors (Lipinski definition) is 3. The van der Waals surface area contributed by atoms with E-state index in [-0.39, 0.29) is 23.3 Å². The predicted molar refractivity (Wildman–Crippen MR) is 56.9 cm³/mol. The van der Waals surface area contributed by atoms with Crippen molar-refractivity contribution in [2.45, 2.75) is 13.0 Å². The van der Waals surface area contributed by atoms with Crippen molar-refractivity contribution >= 4 is 5.91 Å². The zero-order chi connectivity index (χ0) is 11.3. The van der Waals surface area contributed by atoms with Crippen molar-refractivity contribution in [3.05, 3.63) is 29.8 Å². The minimum Gasteiger partial charge on any atom is -0.507 e. The minimum atomic E-state index is -0.294. The highest BCUT2D eigenvalue weighted by molar-refractivity contribution is 5.96. The molecule has 82 valence electrons. The fourth-order valence-corrected chi connectivity index (χ4v) is 1.26. The van der Waals surface area contributed by atoms with Crippen molar-refractivity contribution < 1.29 is 14.6 Å². The van der Waals surface area contributed by atoms with Crippen LogP contribution in [0.5, 0.6) is 5.75 Å². The van der Waals surface area contributed by atoms with E-state index in [9.17, 15) is 9.90 Å². The summed E-state index contributed by atoms with van der Waals surface area (Å²) >= 11 is 0. The monoisotopic (exact) mass is 209 g/mol. The highest BCUT2D eigenvalue weighted by Crippen LogP contribution is 2.15. The maximum Gasteiger partial charge on any atom is 0.255 e. The van der Waals surface area contributed by atoms with Gasteiger partial charge in [0.25, 0.3) is 5.91 Å². The number of amides is 1. The molecule has 4 nitrogen and oxygen atoms in total. The van der Waals surface area contributed by atoms with E-state index in [4.69, 9.17) is 4.74 Å². The Labute approximate surface area is 88.9 Å². The van der Waals surface area contributed by atoms with Gasteiger partial charge in [0, 0.05) is 13.2 Å². The van der Waals surface area contributed by atoms with Crippen LogP contribution in [0.25, 0.3) is 0 Å². The normalized spacial score (nSPS) is 12.1. The summed E-state index contributed by atoms with van der Waals surface area (Å²) in [6, 6.07) is 6.35. The van der Waals surface area contributed by atoms with Crippen LogP contribution in [0.1, 0.15) is 17.3 Å². The van der Waals surface area contributed by atoms with E-state index in [1.807, 2.05) is 6.92 Å². The maximum absolute atomic E-state index is 11.6. The summed E-state index contributed by atoms with van der Waals surface area (Å²) in [6.07, 6.45) is 0. The van der Waals surface area contributed by atoms with Crippen LogP contribution in [-0.2, 0) is 4.74 Å². The van der Waals surface area contributed by atoms with Crippen LogP contribution in [0.3, 0.4) is 0 Å². The molecule has 1 rings (SSSR count). The molecule has 4 heteroatoms. The smallest absolute Gasteiger partial charge is 0.255 e. The fourth-order valence-electron chi connectivity index (χ4n) is 1.26. The standard InChI is InChI=1S/C11H15NO3/c1-8(7-15-2)12-11(14)9-5-3-4-6-10(9)13/h3-6,8,13H,7H2,1-2H3,(H,12,14). The summed E-state index contributed by atoms with van der Waals surface area (Å²) in [6.45, 7) is 2.28. The number of phenols is 1. The van der Waals surface area contributed by atoms with Gasteiger partial charge in [-0.1, -0.05) is 12.1 Å². The van der Waals surface area contributed by atoms with Gasteiger partial charge in [-0.25, -0.2) is 0 Å². The summed E-state index contributed by atoms with van der Waals surface area (Å²) in [7, 11) is 1.57. The van der Waals surface area contributed by atoms with Crippen molar-refractivity contribution in [2.75, 3.05) is 13.7 Å². The van der Waals surface area contributed by atoms with Gasteiger partial charge >= 0.3 is 0 Å². The minimum absolute atomic E-state index is 0.0142. The summed E-state index contributed by atoms with van der Waals surface area (Å²) in [4.78, 5) is 11.6. The Kier molecular flexibility index (Phi) is 4.12. The number of benzene rings is 1. The molecule has 1 aromatic carbocycles. The first kappa shape index (κ1) is 11.5. The van der Waals surface area contributed by atoms with Gasteiger partial charge in [-0.3, -0.25) is 4.79 Å². The number of methoxy groups -OCH3 is 1. The molecule has 0 saturated heterocycles. The van der Waals surface area contributed by atoms with Crippen molar-refractivity contribution in [3.8, 4) is 5.75 Å². The quantitative estimate of drug-likeness (QED) is 0.782. The number of para-hydroxylation sites is 1. The van der Waals surface area contributed by atoms with E-state index in [1.54, 1.807) is 25.3 Å². The molecular weight excluding hydrogens is 194 g/mol. The van der Waals surface area contributed by atoms with Gasteiger partial charge in [-0.05, 0) is 19.1 Å². The third kappa shape index (κ3) is 3.25. The number of phenolic OH excluding ortho intramolecular Hbond substituents is 1. The number of rotatable bonds is 4. The van der Waals surface area contributed by atoms with Gasteiger partial charge in [0.2, 0.25) is 0 Å². The molecule has 15 heavy (non-hydrogen) atoms. The van der Waals surface area contributed by atoms with E-state index in [0.29, 0.717) is 6.61 Å². The van der Waals surface area contributed by atoms with E-state index in [0.717, 1.165) is 0 Å². The van der Waals surface area contributed by atoms with Crippen LogP contribution in [0.15, 0.2) is 24.3 Å². The van der Waals surface area contributed by atoms with Gasteiger partial charge in [0.05, 0.1) is 12.2 Å². The molecule has 0 heterocycles. The van der Waals surface area contributed by atoms with Gasteiger partial charge in [0.15, 0.2) is 0 Å². The molecule has 0 bridgehead atoms. The summed E-state index contributed by atoms with van der Waals surface area (Å²) in [5, 5.41) is 12.1. The molecule has 0 spiro atoms. The lowest BCUT2D eigenvalue weighted by atomic mass is 10.2. The Hall–Kier alpha value is -1.55. The van der Waals surface area contributed by atoms with Crippen LogP contribution in [0.4, 0.5) is 0 Å². The topological polar surface area (TPSA) is 58.6 Å². The first-order chi connectivity index (χ1) is 7.15. The molecule has 1 aromatic rings. The zero-order valence-corrected chi connectivity index (χ0v) is 8.86. The molecular formula is C11H15NO3. The molecule has 0 saturated carbocycles. The summed E-state index contributed by atoms with van der Waals surface area (Å²) < 4.78 is 4.89. The Bertz CT molecular complexity index is 338. The number of hydrogen-bond donors (Lipinski definition) is 2. The Balaban J connectivity index is 2.65. The second-order valence-corrected chi connectivity index (χ2v) is 3.35. The van der Waals surface area contributed by atoms with Crippen molar-refractivity contribution in [2.24, 2.45) is 0 Å². The lowest BCUT2D eigenvalue weighted by molar-refractivity contribution is 0.0903. The van der Waals surface area contributed by atoms with Gasteiger partial charge in [0.1, 0.15) is 5.75 Å². The molecule has 0 aliphatic carbocycles. The molecule has 2 N–H and O–H groups in total. The predicted octanol–water partition coefficient (Wildman–Crippen LogP) is 1.16. The highest BCUT2D eigenvalue weighted by Gasteiger charge is 2.12. The van der Waals surface area contributed by atoms with Crippen LogP contribution in [-0.4, -0.2) is 30.8 Å². The molecule has 1 atom stereocenters. The number of carbonyl (C=O) groups is 1. The SMILES string of the molecule is COCC(C)NC(=O)c1ccccc1O. The van der Waals surface area contributed by atoms with E-state index >= 15 is 0 Å². The molecule has 0 radical (unpaired) electrons. The third-order valence-electron chi connectivity index (χ3n) is 1.94.